The molecule has 7 nitrogen and oxygen atoms in total. The molecule has 1 N–H and O–H groups in total. The highest BCUT2D eigenvalue weighted by molar-refractivity contribution is 5.97. The quantitative estimate of drug-likeness (QED) is 0.368. The van der Waals surface area contributed by atoms with Crippen molar-refractivity contribution in [3.05, 3.63) is 59.9 Å². The van der Waals surface area contributed by atoms with Crippen molar-refractivity contribution in [1.82, 2.24) is 9.55 Å². The number of aromatic nitrogens is 2. The van der Waals surface area contributed by atoms with E-state index in [2.05, 4.69) is 0 Å². The third-order valence-corrected chi connectivity index (χ3v) is 6.89. The van der Waals surface area contributed by atoms with E-state index in [1.54, 1.807) is 6.92 Å². The fraction of sp³-hybridized carbons (Fsp3) is 0.464. The second-order valence-electron chi connectivity index (χ2n) is 9.24. The Bertz CT molecular complexity index is 1150. The van der Waals surface area contributed by atoms with Gasteiger partial charge in [0.2, 0.25) is 0 Å². The second-order valence-corrected chi connectivity index (χ2v) is 9.24. The molecule has 35 heavy (non-hydrogen) atoms. The third-order valence-electron chi connectivity index (χ3n) is 6.89. The Morgan fingerprint density at radius 3 is 2.51 bits per heavy atom. The number of carbonyl (C=O) groups is 2. The topological polar surface area (TPSA) is 90.7 Å². The van der Waals surface area contributed by atoms with Crippen LogP contribution in [0.25, 0.3) is 11.0 Å². The Labute approximate surface area is 206 Å². The van der Waals surface area contributed by atoms with E-state index in [0.29, 0.717) is 31.2 Å². The van der Waals surface area contributed by atoms with Gasteiger partial charge in [-0.2, -0.15) is 0 Å². The lowest BCUT2D eigenvalue weighted by atomic mass is 9.85. The van der Waals surface area contributed by atoms with E-state index in [1.165, 1.54) is 6.42 Å². The van der Waals surface area contributed by atoms with Crippen molar-refractivity contribution in [1.29, 1.82) is 0 Å². The van der Waals surface area contributed by atoms with Gasteiger partial charge < -0.3 is 19.1 Å². The number of nitrogens with zero attached hydrogens (tertiary/aromatic N) is 2. The summed E-state index contributed by atoms with van der Waals surface area (Å²) in [6, 6.07) is 13.3. The average molecular weight is 479 g/mol. The number of ketones is 1. The molecule has 7 heteroatoms. The SMILES string of the molecule is CCO[C@H](C(=O)O)C(C)c1ccc(OCCn2ccc3ccc(C(=O)C4CCCCC4)nc32)cc1. The summed E-state index contributed by atoms with van der Waals surface area (Å²) in [7, 11) is 0. The summed E-state index contributed by atoms with van der Waals surface area (Å²) < 4.78 is 13.3. The highest BCUT2D eigenvalue weighted by atomic mass is 16.5. The Balaban J connectivity index is 1.37. The molecule has 2 heterocycles. The summed E-state index contributed by atoms with van der Waals surface area (Å²) in [5.41, 5.74) is 2.24. The monoisotopic (exact) mass is 478 g/mol. The summed E-state index contributed by atoms with van der Waals surface area (Å²) in [5.74, 6) is -0.258. The van der Waals surface area contributed by atoms with Crippen molar-refractivity contribution in [2.45, 2.75) is 64.5 Å². The minimum absolute atomic E-state index is 0.102. The number of aliphatic carboxylic acids is 1. The van der Waals surface area contributed by atoms with Crippen molar-refractivity contribution >= 4 is 22.8 Å². The smallest absolute Gasteiger partial charge is 0.333 e. The molecule has 1 unspecified atom stereocenters. The standard InChI is InChI=1S/C28H34N2O5/c1-3-34-26(28(32)33)19(2)20-9-12-23(13-10-20)35-18-17-30-16-15-22-11-14-24(29-27(22)30)25(31)21-7-5-4-6-8-21/h9-16,19,21,26H,3-8,17-18H2,1-2H3,(H,32,33)/t19?,26-/m0/s1. The minimum atomic E-state index is -0.962. The summed E-state index contributed by atoms with van der Waals surface area (Å²) in [6.07, 6.45) is 6.49. The molecule has 2 aromatic heterocycles. The van der Waals surface area contributed by atoms with E-state index in [-0.39, 0.29) is 17.6 Å². The van der Waals surface area contributed by atoms with Gasteiger partial charge in [-0.05, 0) is 55.7 Å². The highest BCUT2D eigenvalue weighted by Crippen LogP contribution is 2.27. The van der Waals surface area contributed by atoms with E-state index in [0.717, 1.165) is 42.3 Å². The zero-order chi connectivity index (χ0) is 24.8. The van der Waals surface area contributed by atoms with Crippen LogP contribution in [0.5, 0.6) is 5.75 Å². The molecule has 0 spiro atoms. The lowest BCUT2D eigenvalue weighted by Gasteiger charge is -2.20. The van der Waals surface area contributed by atoms with Gasteiger partial charge in [0.25, 0.3) is 0 Å². The van der Waals surface area contributed by atoms with Gasteiger partial charge in [0, 0.05) is 30.0 Å². The molecule has 4 rings (SSSR count). The van der Waals surface area contributed by atoms with Gasteiger partial charge in [0.05, 0.1) is 6.54 Å². The average Bonchev–Trinajstić information content (AvgIpc) is 3.29. The number of carbonyl (C=O) groups excluding carboxylic acids is 1. The minimum Gasteiger partial charge on any atom is -0.492 e. The maximum absolute atomic E-state index is 12.9. The largest absolute Gasteiger partial charge is 0.492 e. The molecule has 0 amide bonds. The molecule has 3 aromatic rings. The molecule has 0 saturated heterocycles. The number of hydrogen-bond acceptors (Lipinski definition) is 5. The van der Waals surface area contributed by atoms with Gasteiger partial charge in [0.15, 0.2) is 11.9 Å². The van der Waals surface area contributed by atoms with Crippen LogP contribution in [0.2, 0.25) is 0 Å². The lowest BCUT2D eigenvalue weighted by Crippen LogP contribution is -2.29. The van der Waals surface area contributed by atoms with Crippen LogP contribution in [-0.2, 0) is 16.1 Å². The maximum atomic E-state index is 12.9. The van der Waals surface area contributed by atoms with Gasteiger partial charge in [-0.1, -0.05) is 38.3 Å². The molecule has 186 valence electrons. The molecular weight excluding hydrogens is 444 g/mol. The molecular formula is C28H34N2O5. The Hall–Kier alpha value is -3.19. The number of carboxylic acid groups (broad SMARTS) is 1. The Morgan fingerprint density at radius 2 is 1.83 bits per heavy atom. The first-order valence-corrected chi connectivity index (χ1v) is 12.5. The number of pyridine rings is 1. The highest BCUT2D eigenvalue weighted by Gasteiger charge is 2.26. The van der Waals surface area contributed by atoms with Crippen LogP contribution in [0.1, 0.15) is 67.9 Å². The molecule has 0 bridgehead atoms. The number of carboxylic acids is 1. The van der Waals surface area contributed by atoms with Crippen molar-refractivity contribution < 1.29 is 24.2 Å². The molecule has 0 aliphatic heterocycles. The molecule has 0 radical (unpaired) electrons. The number of benzene rings is 1. The number of fused-ring (bicyclic) bond motifs is 1. The molecule has 1 aliphatic carbocycles. The molecule has 1 aliphatic rings. The van der Waals surface area contributed by atoms with Crippen LogP contribution in [0.4, 0.5) is 0 Å². The van der Waals surface area contributed by atoms with Crippen molar-refractivity contribution in [2.75, 3.05) is 13.2 Å². The van der Waals surface area contributed by atoms with Crippen LogP contribution in [0, 0.1) is 5.92 Å². The molecule has 2 atom stereocenters. The van der Waals surface area contributed by atoms with Gasteiger partial charge in [0.1, 0.15) is 23.7 Å². The van der Waals surface area contributed by atoms with Gasteiger partial charge in [-0.25, -0.2) is 9.78 Å². The number of Topliss-reactive ketones (excluding diaryl/α,β-unsaturated/α-hetero) is 1. The predicted octanol–water partition coefficient (Wildman–Crippen LogP) is 5.47. The number of ether oxygens (including phenoxy) is 2. The predicted molar refractivity (Wildman–Crippen MR) is 134 cm³/mol. The summed E-state index contributed by atoms with van der Waals surface area (Å²) in [5, 5.41) is 10.4. The van der Waals surface area contributed by atoms with Crippen LogP contribution < -0.4 is 4.74 Å². The molecule has 1 fully saturated rings. The molecule has 1 aromatic carbocycles. The summed E-state index contributed by atoms with van der Waals surface area (Å²) in [6.45, 7) is 5.03. The van der Waals surface area contributed by atoms with Crippen molar-refractivity contribution in [3.8, 4) is 5.75 Å². The fourth-order valence-corrected chi connectivity index (χ4v) is 4.87. The van der Waals surface area contributed by atoms with E-state index >= 15 is 0 Å². The van der Waals surface area contributed by atoms with Crippen molar-refractivity contribution in [2.24, 2.45) is 5.92 Å². The number of rotatable bonds is 11. The van der Waals surface area contributed by atoms with Gasteiger partial charge >= 0.3 is 5.97 Å². The Kier molecular flexibility index (Phi) is 8.18. The van der Waals surface area contributed by atoms with E-state index in [1.807, 2.05) is 60.2 Å². The zero-order valence-electron chi connectivity index (χ0n) is 20.5. The van der Waals surface area contributed by atoms with Gasteiger partial charge in [-0.15, -0.1) is 0 Å². The lowest BCUT2D eigenvalue weighted by molar-refractivity contribution is -0.151. The fourth-order valence-electron chi connectivity index (χ4n) is 4.87. The second kappa shape index (κ2) is 11.5. The van der Waals surface area contributed by atoms with Crippen LogP contribution in [-0.4, -0.2) is 45.7 Å². The van der Waals surface area contributed by atoms with E-state index in [9.17, 15) is 14.7 Å². The first kappa shape index (κ1) is 24.9. The zero-order valence-corrected chi connectivity index (χ0v) is 20.5. The summed E-state index contributed by atoms with van der Waals surface area (Å²) >= 11 is 0. The molecule has 1 saturated carbocycles. The van der Waals surface area contributed by atoms with Gasteiger partial charge in [-0.3, -0.25) is 4.79 Å². The first-order chi connectivity index (χ1) is 17.0. The third kappa shape index (κ3) is 5.90. The maximum Gasteiger partial charge on any atom is 0.333 e. The summed E-state index contributed by atoms with van der Waals surface area (Å²) in [4.78, 5) is 29.1. The van der Waals surface area contributed by atoms with E-state index in [4.69, 9.17) is 14.5 Å². The van der Waals surface area contributed by atoms with E-state index < -0.39 is 12.1 Å². The Morgan fingerprint density at radius 1 is 1.09 bits per heavy atom. The van der Waals surface area contributed by atoms with Crippen molar-refractivity contribution in [3.63, 3.8) is 0 Å². The van der Waals surface area contributed by atoms with Crippen LogP contribution >= 0.6 is 0 Å². The van der Waals surface area contributed by atoms with Crippen LogP contribution in [0.15, 0.2) is 48.7 Å². The normalized spacial score (nSPS) is 16.2. The first-order valence-electron chi connectivity index (χ1n) is 12.5. The van der Waals surface area contributed by atoms with Crippen LogP contribution in [0.3, 0.4) is 0 Å². The number of hydrogen-bond donors (Lipinski definition) is 1.